The lowest BCUT2D eigenvalue weighted by atomic mass is 9.92. The van der Waals surface area contributed by atoms with Crippen molar-refractivity contribution in [3.05, 3.63) is 29.6 Å². The van der Waals surface area contributed by atoms with Crippen LogP contribution >= 0.6 is 0 Å². The Bertz CT molecular complexity index is 660. The van der Waals surface area contributed by atoms with E-state index in [1.54, 1.807) is 12.4 Å². The summed E-state index contributed by atoms with van der Waals surface area (Å²) in [7, 11) is 4.23. The van der Waals surface area contributed by atoms with Gasteiger partial charge in [0, 0.05) is 51.0 Å². The molecule has 0 spiro atoms. The summed E-state index contributed by atoms with van der Waals surface area (Å²) in [6, 6.07) is 2.49. The molecule has 148 valence electrons. The number of carbonyl (C=O) groups is 2. The average Bonchev–Trinajstić information content (AvgIpc) is 2.68. The molecule has 0 unspecified atom stereocenters. The van der Waals surface area contributed by atoms with Crippen LogP contribution in [0, 0.1) is 12.8 Å². The number of nitrogens with zero attached hydrogens (tertiary/aromatic N) is 4. The summed E-state index contributed by atoms with van der Waals surface area (Å²) in [6.45, 7) is 5.16. The van der Waals surface area contributed by atoms with Crippen LogP contribution in [-0.4, -0.2) is 77.8 Å². The van der Waals surface area contributed by atoms with E-state index in [2.05, 4.69) is 24.0 Å². The van der Waals surface area contributed by atoms with Gasteiger partial charge in [-0.15, -0.1) is 0 Å². The number of carbonyl (C=O) groups excluding carboxylic acids is 2. The maximum Gasteiger partial charge on any atom is 0.255 e. The highest BCUT2D eigenvalue weighted by molar-refractivity contribution is 5.94. The van der Waals surface area contributed by atoms with Crippen molar-refractivity contribution in [2.75, 3.05) is 40.3 Å². The summed E-state index contributed by atoms with van der Waals surface area (Å²) in [6.07, 6.45) is 7.97. The molecule has 3 heterocycles. The third kappa shape index (κ3) is 5.06. The van der Waals surface area contributed by atoms with Crippen molar-refractivity contribution in [3.63, 3.8) is 0 Å². The Morgan fingerprint density at radius 2 is 1.67 bits per heavy atom. The quantitative estimate of drug-likeness (QED) is 0.813. The maximum absolute atomic E-state index is 12.6. The first-order valence-electron chi connectivity index (χ1n) is 10.1. The van der Waals surface area contributed by atoms with Crippen molar-refractivity contribution in [1.29, 1.82) is 0 Å². The maximum atomic E-state index is 12.6. The van der Waals surface area contributed by atoms with Crippen LogP contribution in [0.15, 0.2) is 18.5 Å². The Labute approximate surface area is 162 Å². The van der Waals surface area contributed by atoms with Crippen LogP contribution in [0.2, 0.25) is 0 Å². The molecule has 2 saturated heterocycles. The van der Waals surface area contributed by atoms with Gasteiger partial charge in [-0.25, -0.2) is 0 Å². The van der Waals surface area contributed by atoms with Crippen LogP contribution in [-0.2, 0) is 4.79 Å². The fourth-order valence-electron chi connectivity index (χ4n) is 4.20. The second kappa shape index (κ2) is 8.83. The Balaban J connectivity index is 1.44. The number of hydrogen-bond acceptors (Lipinski definition) is 4. The molecular formula is C21H32N4O2. The Morgan fingerprint density at radius 3 is 2.26 bits per heavy atom. The zero-order chi connectivity index (χ0) is 19.4. The van der Waals surface area contributed by atoms with E-state index in [1.807, 2.05) is 22.8 Å². The van der Waals surface area contributed by atoms with Crippen LogP contribution < -0.4 is 0 Å². The second-order valence-electron chi connectivity index (χ2n) is 8.27. The van der Waals surface area contributed by atoms with Crippen molar-refractivity contribution < 1.29 is 9.59 Å². The van der Waals surface area contributed by atoms with E-state index in [1.165, 1.54) is 0 Å². The zero-order valence-electron chi connectivity index (χ0n) is 16.9. The molecule has 2 aliphatic rings. The summed E-state index contributed by atoms with van der Waals surface area (Å²) in [5.74, 6) is 0.741. The first-order chi connectivity index (χ1) is 12.9. The number of likely N-dealkylation sites (tertiary alicyclic amines) is 2. The van der Waals surface area contributed by atoms with Gasteiger partial charge in [0.15, 0.2) is 0 Å². The van der Waals surface area contributed by atoms with Crippen LogP contribution in [0.5, 0.6) is 0 Å². The largest absolute Gasteiger partial charge is 0.343 e. The highest BCUT2D eigenvalue weighted by Crippen LogP contribution is 2.24. The summed E-state index contributed by atoms with van der Waals surface area (Å²) >= 11 is 0. The van der Waals surface area contributed by atoms with E-state index in [9.17, 15) is 9.59 Å². The van der Waals surface area contributed by atoms with Crippen molar-refractivity contribution in [2.24, 2.45) is 5.92 Å². The molecule has 2 aliphatic heterocycles. The predicted molar refractivity (Wildman–Crippen MR) is 106 cm³/mol. The van der Waals surface area contributed by atoms with Gasteiger partial charge >= 0.3 is 0 Å². The fourth-order valence-corrected chi connectivity index (χ4v) is 4.20. The van der Waals surface area contributed by atoms with E-state index >= 15 is 0 Å². The Hall–Kier alpha value is -1.95. The highest BCUT2D eigenvalue weighted by Gasteiger charge is 2.28. The topological polar surface area (TPSA) is 56.8 Å². The van der Waals surface area contributed by atoms with Gasteiger partial charge in [-0.2, -0.15) is 0 Å². The number of pyridine rings is 1. The summed E-state index contributed by atoms with van der Waals surface area (Å²) < 4.78 is 0. The van der Waals surface area contributed by atoms with Gasteiger partial charge in [0.05, 0.1) is 5.56 Å². The van der Waals surface area contributed by atoms with Gasteiger partial charge in [0.2, 0.25) is 5.91 Å². The molecule has 1 aromatic rings. The van der Waals surface area contributed by atoms with Crippen LogP contribution in [0.4, 0.5) is 0 Å². The zero-order valence-corrected chi connectivity index (χ0v) is 16.9. The van der Waals surface area contributed by atoms with Gasteiger partial charge in [-0.3, -0.25) is 14.6 Å². The van der Waals surface area contributed by atoms with Crippen molar-refractivity contribution >= 4 is 11.8 Å². The predicted octanol–water partition coefficient (Wildman–Crippen LogP) is 2.18. The van der Waals surface area contributed by atoms with Gasteiger partial charge in [0.25, 0.3) is 5.91 Å². The molecule has 0 N–H and O–H groups in total. The molecule has 1 aromatic heterocycles. The Morgan fingerprint density at radius 1 is 1.04 bits per heavy atom. The summed E-state index contributed by atoms with van der Waals surface area (Å²) in [5, 5.41) is 0. The first kappa shape index (κ1) is 19.8. The average molecular weight is 373 g/mol. The third-order valence-corrected chi connectivity index (χ3v) is 6.03. The minimum Gasteiger partial charge on any atom is -0.343 e. The number of aromatic nitrogens is 1. The lowest BCUT2D eigenvalue weighted by Gasteiger charge is -2.37. The number of piperidine rings is 2. The Kier molecular flexibility index (Phi) is 6.47. The summed E-state index contributed by atoms with van der Waals surface area (Å²) in [4.78, 5) is 35.6. The molecule has 2 amide bonds. The molecule has 27 heavy (non-hydrogen) atoms. The monoisotopic (exact) mass is 372 g/mol. The minimum atomic E-state index is 0.0572. The van der Waals surface area contributed by atoms with E-state index in [4.69, 9.17) is 0 Å². The molecule has 0 bridgehead atoms. The molecular weight excluding hydrogens is 340 g/mol. The number of hydrogen-bond donors (Lipinski definition) is 0. The van der Waals surface area contributed by atoms with E-state index in [0.29, 0.717) is 29.9 Å². The number of rotatable bonds is 4. The molecule has 2 fully saturated rings. The molecule has 6 heteroatoms. The second-order valence-corrected chi connectivity index (χ2v) is 8.27. The van der Waals surface area contributed by atoms with Crippen molar-refractivity contribution in [2.45, 2.75) is 45.1 Å². The van der Waals surface area contributed by atoms with Crippen LogP contribution in [0.25, 0.3) is 0 Å². The molecule has 0 saturated carbocycles. The summed E-state index contributed by atoms with van der Waals surface area (Å²) in [5.41, 5.74) is 1.66. The molecule has 0 aliphatic carbocycles. The minimum absolute atomic E-state index is 0.0572. The van der Waals surface area contributed by atoms with E-state index < -0.39 is 0 Å². The smallest absolute Gasteiger partial charge is 0.255 e. The SMILES string of the molecule is Cc1cncc(C(=O)N2CCC(CC(=O)N3CCC(N(C)C)CC3)CC2)c1. The number of amides is 2. The van der Waals surface area contributed by atoms with Crippen molar-refractivity contribution in [1.82, 2.24) is 19.7 Å². The lowest BCUT2D eigenvalue weighted by molar-refractivity contribution is -0.134. The lowest BCUT2D eigenvalue weighted by Crippen LogP contribution is -2.45. The standard InChI is InChI=1S/C21H32N4O2/c1-16-12-18(15-22-14-16)21(27)25-8-4-17(5-9-25)13-20(26)24-10-6-19(7-11-24)23(2)3/h12,14-15,17,19H,4-11,13H2,1-3H3. The van der Waals surface area contributed by atoms with Crippen molar-refractivity contribution in [3.8, 4) is 0 Å². The third-order valence-electron chi connectivity index (χ3n) is 6.03. The highest BCUT2D eigenvalue weighted by atomic mass is 16.2. The van der Waals surface area contributed by atoms with Gasteiger partial charge in [-0.1, -0.05) is 0 Å². The molecule has 0 radical (unpaired) electrons. The molecule has 0 aromatic carbocycles. The van der Waals surface area contributed by atoms with Crippen LogP contribution in [0.1, 0.15) is 48.0 Å². The molecule has 0 atom stereocenters. The normalized spacial score (nSPS) is 19.6. The fraction of sp³-hybridized carbons (Fsp3) is 0.667. The van der Waals surface area contributed by atoms with E-state index in [0.717, 1.165) is 57.4 Å². The molecule has 3 rings (SSSR count). The number of aryl methyl sites for hydroxylation is 1. The van der Waals surface area contributed by atoms with Gasteiger partial charge in [-0.05, 0) is 64.3 Å². The first-order valence-corrected chi connectivity index (χ1v) is 10.1. The van der Waals surface area contributed by atoms with Gasteiger partial charge in [0.1, 0.15) is 0 Å². The van der Waals surface area contributed by atoms with E-state index in [-0.39, 0.29) is 5.91 Å². The van der Waals surface area contributed by atoms with Gasteiger partial charge < -0.3 is 14.7 Å². The molecule has 6 nitrogen and oxygen atoms in total. The van der Waals surface area contributed by atoms with Crippen LogP contribution in [0.3, 0.4) is 0 Å².